The first-order valence-electron chi connectivity index (χ1n) is 7.63. The van der Waals surface area contributed by atoms with Gasteiger partial charge in [0, 0.05) is 19.3 Å². The van der Waals surface area contributed by atoms with Gasteiger partial charge in [-0.1, -0.05) is 20.8 Å². The van der Waals surface area contributed by atoms with Crippen LogP contribution in [0.3, 0.4) is 0 Å². The van der Waals surface area contributed by atoms with Crippen LogP contribution in [-0.4, -0.2) is 42.5 Å². The van der Waals surface area contributed by atoms with Gasteiger partial charge in [-0.15, -0.1) is 0 Å². The van der Waals surface area contributed by atoms with Gasteiger partial charge in [-0.05, 0) is 31.4 Å². The summed E-state index contributed by atoms with van der Waals surface area (Å²) in [4.78, 5) is 6.64. The summed E-state index contributed by atoms with van der Waals surface area (Å²) in [5, 5.41) is 9.48. The molecule has 0 aromatic carbocycles. The summed E-state index contributed by atoms with van der Waals surface area (Å²) >= 11 is 0. The van der Waals surface area contributed by atoms with Gasteiger partial charge in [0.1, 0.15) is 0 Å². The number of aromatic nitrogens is 1. The van der Waals surface area contributed by atoms with Gasteiger partial charge in [-0.25, -0.2) is 0 Å². The zero-order valence-corrected chi connectivity index (χ0v) is 13.2. The fourth-order valence-electron chi connectivity index (χ4n) is 2.49. The van der Waals surface area contributed by atoms with Crippen molar-refractivity contribution < 1.29 is 9.84 Å². The van der Waals surface area contributed by atoms with Gasteiger partial charge in [-0.2, -0.15) is 0 Å². The third-order valence-corrected chi connectivity index (χ3v) is 3.71. The van der Waals surface area contributed by atoms with Crippen molar-refractivity contribution in [2.45, 2.75) is 52.2 Å². The second kappa shape index (κ2) is 8.93. The highest BCUT2D eigenvalue weighted by atomic mass is 16.5. The number of methoxy groups -OCH3 is 1. The van der Waals surface area contributed by atoms with Crippen LogP contribution < -0.4 is 4.90 Å². The zero-order chi connectivity index (χ0) is 15.0. The van der Waals surface area contributed by atoms with Crippen molar-refractivity contribution in [1.82, 2.24) is 4.98 Å². The van der Waals surface area contributed by atoms with E-state index in [1.807, 2.05) is 20.0 Å². The first-order chi connectivity index (χ1) is 9.78. The number of piperidine rings is 1. The molecule has 0 saturated carbocycles. The molecule has 0 spiro atoms. The van der Waals surface area contributed by atoms with Crippen molar-refractivity contribution in [2.24, 2.45) is 0 Å². The molecule has 1 fully saturated rings. The quantitative estimate of drug-likeness (QED) is 0.921. The lowest BCUT2D eigenvalue weighted by Crippen LogP contribution is -2.48. The Morgan fingerprint density at radius 2 is 2.10 bits per heavy atom. The summed E-state index contributed by atoms with van der Waals surface area (Å²) in [7, 11) is 1.75. The van der Waals surface area contributed by atoms with Gasteiger partial charge in [0.2, 0.25) is 0 Å². The molecule has 20 heavy (non-hydrogen) atoms. The highest BCUT2D eigenvalue weighted by Gasteiger charge is 2.28. The maximum Gasteiger partial charge on any atom is 0.0747 e. The van der Waals surface area contributed by atoms with E-state index in [-0.39, 0.29) is 18.8 Å². The molecule has 1 aromatic rings. The SMILES string of the molecule is CC.CCc1ccc(N2CC(OC)CCC2CO)cn1. The predicted octanol–water partition coefficient (Wildman–Crippen LogP) is 2.65. The first kappa shape index (κ1) is 16.9. The topological polar surface area (TPSA) is 45.6 Å². The number of hydrogen-bond acceptors (Lipinski definition) is 4. The molecule has 0 radical (unpaired) electrons. The molecule has 4 heteroatoms. The zero-order valence-electron chi connectivity index (χ0n) is 13.2. The molecule has 2 rings (SSSR count). The van der Waals surface area contributed by atoms with E-state index in [1.165, 1.54) is 0 Å². The average Bonchev–Trinajstić information content (AvgIpc) is 2.56. The molecule has 0 aliphatic carbocycles. The molecule has 1 aliphatic rings. The highest BCUT2D eigenvalue weighted by Crippen LogP contribution is 2.25. The molecular weight excluding hydrogens is 252 g/mol. The van der Waals surface area contributed by atoms with Gasteiger partial charge in [0.15, 0.2) is 0 Å². The Kier molecular flexibility index (Phi) is 7.55. The van der Waals surface area contributed by atoms with Crippen LogP contribution in [0.4, 0.5) is 5.69 Å². The smallest absolute Gasteiger partial charge is 0.0747 e. The lowest BCUT2D eigenvalue weighted by molar-refractivity contribution is 0.0744. The number of anilines is 1. The Morgan fingerprint density at radius 3 is 2.60 bits per heavy atom. The molecule has 1 aliphatic heterocycles. The number of rotatable bonds is 4. The molecule has 2 unspecified atom stereocenters. The van der Waals surface area contributed by atoms with E-state index in [0.717, 1.165) is 37.2 Å². The van der Waals surface area contributed by atoms with E-state index >= 15 is 0 Å². The Hall–Kier alpha value is -1.13. The van der Waals surface area contributed by atoms with E-state index in [0.29, 0.717) is 0 Å². The highest BCUT2D eigenvalue weighted by molar-refractivity contribution is 5.46. The van der Waals surface area contributed by atoms with Crippen LogP contribution in [0.15, 0.2) is 18.3 Å². The van der Waals surface area contributed by atoms with Crippen LogP contribution in [0.5, 0.6) is 0 Å². The second-order valence-electron chi connectivity index (χ2n) is 4.79. The summed E-state index contributed by atoms with van der Waals surface area (Å²) in [6.07, 6.45) is 5.08. The normalized spacial score (nSPS) is 22.1. The van der Waals surface area contributed by atoms with Crippen LogP contribution in [0.1, 0.15) is 39.3 Å². The number of aryl methyl sites for hydroxylation is 1. The van der Waals surface area contributed by atoms with Crippen LogP contribution in [0, 0.1) is 0 Å². The molecule has 2 atom stereocenters. The minimum absolute atomic E-state index is 0.186. The molecule has 1 aromatic heterocycles. The number of ether oxygens (including phenoxy) is 1. The largest absolute Gasteiger partial charge is 0.394 e. The van der Waals surface area contributed by atoms with Crippen molar-refractivity contribution in [3.8, 4) is 0 Å². The Labute approximate surface area is 122 Å². The predicted molar refractivity (Wildman–Crippen MR) is 83.2 cm³/mol. The fraction of sp³-hybridized carbons (Fsp3) is 0.688. The van der Waals surface area contributed by atoms with E-state index < -0.39 is 0 Å². The second-order valence-corrected chi connectivity index (χ2v) is 4.79. The fourth-order valence-corrected chi connectivity index (χ4v) is 2.49. The molecule has 0 amide bonds. The number of hydrogen-bond donors (Lipinski definition) is 1. The Bertz CT molecular complexity index is 367. The summed E-state index contributed by atoms with van der Waals surface area (Å²) in [5.74, 6) is 0. The molecule has 114 valence electrons. The van der Waals surface area contributed by atoms with Crippen molar-refractivity contribution in [1.29, 1.82) is 0 Å². The molecule has 1 saturated heterocycles. The maximum atomic E-state index is 9.48. The monoisotopic (exact) mass is 280 g/mol. The standard InChI is InChI=1S/C14H22N2O2.C2H6/c1-3-11-4-5-12(8-15-11)16-9-14(18-2)7-6-13(16)10-17;1-2/h4-5,8,13-14,17H,3,6-7,9-10H2,1-2H3;1-2H3. The Morgan fingerprint density at radius 1 is 1.35 bits per heavy atom. The third kappa shape index (κ3) is 4.18. The van der Waals surface area contributed by atoms with E-state index in [4.69, 9.17) is 4.74 Å². The lowest BCUT2D eigenvalue weighted by Gasteiger charge is -2.39. The van der Waals surface area contributed by atoms with Crippen molar-refractivity contribution in [2.75, 3.05) is 25.2 Å². The molecule has 0 bridgehead atoms. The summed E-state index contributed by atoms with van der Waals surface area (Å²) in [6.45, 7) is 7.11. The van der Waals surface area contributed by atoms with Crippen LogP contribution >= 0.6 is 0 Å². The summed E-state index contributed by atoms with van der Waals surface area (Å²) < 4.78 is 5.44. The van der Waals surface area contributed by atoms with Crippen LogP contribution in [0.25, 0.3) is 0 Å². The molecule has 4 nitrogen and oxygen atoms in total. The summed E-state index contributed by atoms with van der Waals surface area (Å²) in [6, 6.07) is 4.33. The molecule has 2 heterocycles. The van der Waals surface area contributed by atoms with E-state index in [1.54, 1.807) is 7.11 Å². The number of pyridine rings is 1. The van der Waals surface area contributed by atoms with Crippen LogP contribution in [-0.2, 0) is 11.2 Å². The molecule has 1 N–H and O–H groups in total. The van der Waals surface area contributed by atoms with Gasteiger partial charge in [0.25, 0.3) is 0 Å². The Balaban J connectivity index is 0.000000956. The van der Waals surface area contributed by atoms with Crippen molar-refractivity contribution >= 4 is 5.69 Å². The number of aliphatic hydroxyl groups excluding tert-OH is 1. The van der Waals surface area contributed by atoms with Gasteiger partial charge < -0.3 is 14.7 Å². The van der Waals surface area contributed by atoms with Crippen LogP contribution in [0.2, 0.25) is 0 Å². The minimum Gasteiger partial charge on any atom is -0.394 e. The van der Waals surface area contributed by atoms with Gasteiger partial charge >= 0.3 is 0 Å². The van der Waals surface area contributed by atoms with Crippen molar-refractivity contribution in [3.63, 3.8) is 0 Å². The average molecular weight is 280 g/mol. The van der Waals surface area contributed by atoms with Gasteiger partial charge in [-0.3, -0.25) is 4.98 Å². The minimum atomic E-state index is 0.186. The molecular formula is C16H28N2O2. The summed E-state index contributed by atoms with van der Waals surface area (Å²) in [5.41, 5.74) is 2.17. The third-order valence-electron chi connectivity index (χ3n) is 3.71. The maximum absolute atomic E-state index is 9.48. The number of nitrogens with zero attached hydrogens (tertiary/aromatic N) is 2. The lowest BCUT2D eigenvalue weighted by atomic mass is 10.00. The van der Waals surface area contributed by atoms with Crippen molar-refractivity contribution in [3.05, 3.63) is 24.0 Å². The van der Waals surface area contributed by atoms with E-state index in [2.05, 4.69) is 28.9 Å². The van der Waals surface area contributed by atoms with E-state index in [9.17, 15) is 5.11 Å². The first-order valence-corrected chi connectivity index (χ1v) is 7.63. The number of aliphatic hydroxyl groups is 1. The van der Waals surface area contributed by atoms with Gasteiger partial charge in [0.05, 0.1) is 30.6 Å².